The molecule has 2 aliphatic heterocycles. The topological polar surface area (TPSA) is 47.1 Å². The number of hydrogen-bond donors (Lipinski definition) is 0. The number of carbonyl (C=O) groups excluding carboxylic acids is 2. The molecule has 136 valence electrons. The van der Waals surface area contributed by atoms with Gasteiger partial charge in [-0.1, -0.05) is 0 Å². The van der Waals surface area contributed by atoms with E-state index >= 15 is 0 Å². The van der Waals surface area contributed by atoms with Crippen LogP contribution in [-0.2, 0) is 4.79 Å². The second-order valence-electron chi connectivity index (χ2n) is 7.10. The highest BCUT2D eigenvalue weighted by Crippen LogP contribution is 2.15. The SMILES string of the molecule is CN(C)c1ccc(C(=O)N2CCN(C(=O)CN3CCCC3)CC2)cc1. The van der Waals surface area contributed by atoms with E-state index in [0.29, 0.717) is 38.3 Å². The minimum atomic E-state index is 0.0527. The monoisotopic (exact) mass is 344 g/mol. The van der Waals surface area contributed by atoms with E-state index in [0.717, 1.165) is 18.8 Å². The largest absolute Gasteiger partial charge is 0.378 e. The van der Waals surface area contributed by atoms with Gasteiger partial charge in [0, 0.05) is 51.5 Å². The van der Waals surface area contributed by atoms with Crippen molar-refractivity contribution in [2.24, 2.45) is 0 Å². The zero-order chi connectivity index (χ0) is 17.8. The van der Waals surface area contributed by atoms with Crippen LogP contribution < -0.4 is 4.90 Å². The molecule has 2 heterocycles. The first-order valence-corrected chi connectivity index (χ1v) is 9.11. The van der Waals surface area contributed by atoms with Crippen molar-refractivity contribution in [3.8, 4) is 0 Å². The van der Waals surface area contributed by atoms with E-state index in [1.165, 1.54) is 12.8 Å². The fourth-order valence-electron chi connectivity index (χ4n) is 3.48. The van der Waals surface area contributed by atoms with Crippen LogP contribution in [0, 0.1) is 0 Å². The summed E-state index contributed by atoms with van der Waals surface area (Å²) < 4.78 is 0. The fourth-order valence-corrected chi connectivity index (χ4v) is 3.48. The van der Waals surface area contributed by atoms with Crippen molar-refractivity contribution in [2.75, 3.05) is 64.8 Å². The second-order valence-corrected chi connectivity index (χ2v) is 7.10. The fraction of sp³-hybridized carbons (Fsp3) is 0.579. The number of hydrogen-bond acceptors (Lipinski definition) is 4. The van der Waals surface area contributed by atoms with E-state index in [2.05, 4.69) is 4.90 Å². The first-order chi connectivity index (χ1) is 12.0. The van der Waals surface area contributed by atoms with Crippen LogP contribution in [0.3, 0.4) is 0 Å². The molecular formula is C19H28N4O2. The van der Waals surface area contributed by atoms with E-state index in [9.17, 15) is 9.59 Å². The zero-order valence-corrected chi connectivity index (χ0v) is 15.3. The Morgan fingerprint density at radius 3 is 2.00 bits per heavy atom. The Hall–Kier alpha value is -2.08. The highest BCUT2D eigenvalue weighted by molar-refractivity contribution is 5.94. The average molecular weight is 344 g/mol. The van der Waals surface area contributed by atoms with E-state index in [1.807, 2.05) is 53.1 Å². The summed E-state index contributed by atoms with van der Waals surface area (Å²) in [5, 5.41) is 0. The summed E-state index contributed by atoms with van der Waals surface area (Å²) in [6.07, 6.45) is 2.39. The summed E-state index contributed by atoms with van der Waals surface area (Å²) >= 11 is 0. The number of piperazine rings is 1. The third kappa shape index (κ3) is 4.31. The summed E-state index contributed by atoms with van der Waals surface area (Å²) in [6.45, 7) is 5.09. The van der Waals surface area contributed by atoms with Gasteiger partial charge in [-0.15, -0.1) is 0 Å². The van der Waals surface area contributed by atoms with Gasteiger partial charge in [0.05, 0.1) is 6.54 Å². The lowest BCUT2D eigenvalue weighted by atomic mass is 10.1. The van der Waals surface area contributed by atoms with Gasteiger partial charge in [0.25, 0.3) is 5.91 Å². The van der Waals surface area contributed by atoms with Gasteiger partial charge in [0.2, 0.25) is 5.91 Å². The number of likely N-dealkylation sites (tertiary alicyclic amines) is 1. The van der Waals surface area contributed by atoms with Crippen LogP contribution in [0.25, 0.3) is 0 Å². The molecule has 0 unspecified atom stereocenters. The highest BCUT2D eigenvalue weighted by atomic mass is 16.2. The molecule has 2 fully saturated rings. The van der Waals surface area contributed by atoms with Crippen molar-refractivity contribution >= 4 is 17.5 Å². The van der Waals surface area contributed by atoms with E-state index in [4.69, 9.17) is 0 Å². The minimum Gasteiger partial charge on any atom is -0.378 e. The molecule has 0 N–H and O–H groups in total. The van der Waals surface area contributed by atoms with Crippen molar-refractivity contribution in [3.63, 3.8) is 0 Å². The van der Waals surface area contributed by atoms with Crippen LogP contribution in [0.2, 0.25) is 0 Å². The lowest BCUT2D eigenvalue weighted by molar-refractivity contribution is -0.133. The van der Waals surface area contributed by atoms with E-state index < -0.39 is 0 Å². The molecule has 2 aliphatic rings. The Balaban J connectivity index is 1.51. The van der Waals surface area contributed by atoms with Gasteiger partial charge in [-0.3, -0.25) is 14.5 Å². The van der Waals surface area contributed by atoms with Crippen molar-refractivity contribution in [3.05, 3.63) is 29.8 Å². The predicted octanol–water partition coefficient (Wildman–Crippen LogP) is 1.13. The molecule has 2 saturated heterocycles. The van der Waals surface area contributed by atoms with Gasteiger partial charge in [0.15, 0.2) is 0 Å². The van der Waals surface area contributed by atoms with E-state index in [1.54, 1.807) is 0 Å². The quantitative estimate of drug-likeness (QED) is 0.822. The molecule has 0 atom stereocenters. The highest BCUT2D eigenvalue weighted by Gasteiger charge is 2.26. The molecule has 25 heavy (non-hydrogen) atoms. The number of benzene rings is 1. The number of amides is 2. The van der Waals surface area contributed by atoms with Crippen molar-refractivity contribution in [2.45, 2.75) is 12.8 Å². The van der Waals surface area contributed by atoms with Gasteiger partial charge >= 0.3 is 0 Å². The third-order valence-corrected chi connectivity index (χ3v) is 5.11. The van der Waals surface area contributed by atoms with Gasteiger partial charge < -0.3 is 14.7 Å². The summed E-state index contributed by atoms with van der Waals surface area (Å²) in [7, 11) is 3.96. The van der Waals surface area contributed by atoms with Crippen molar-refractivity contribution < 1.29 is 9.59 Å². The van der Waals surface area contributed by atoms with Gasteiger partial charge in [-0.2, -0.15) is 0 Å². The molecular weight excluding hydrogens is 316 g/mol. The lowest BCUT2D eigenvalue weighted by Gasteiger charge is -2.35. The molecule has 3 rings (SSSR count). The summed E-state index contributed by atoms with van der Waals surface area (Å²) in [5.41, 5.74) is 1.79. The summed E-state index contributed by atoms with van der Waals surface area (Å²) in [5.74, 6) is 0.251. The lowest BCUT2D eigenvalue weighted by Crippen LogP contribution is -2.52. The van der Waals surface area contributed by atoms with E-state index in [-0.39, 0.29) is 11.8 Å². The van der Waals surface area contributed by atoms with Crippen LogP contribution in [-0.4, -0.2) is 86.4 Å². The third-order valence-electron chi connectivity index (χ3n) is 5.11. The maximum absolute atomic E-state index is 12.6. The smallest absolute Gasteiger partial charge is 0.253 e. The van der Waals surface area contributed by atoms with Crippen molar-refractivity contribution in [1.29, 1.82) is 0 Å². The molecule has 1 aromatic carbocycles. The Morgan fingerprint density at radius 2 is 1.44 bits per heavy atom. The molecule has 1 aromatic rings. The molecule has 0 radical (unpaired) electrons. The molecule has 0 spiro atoms. The Labute approximate surface area is 150 Å². The van der Waals surface area contributed by atoms with Gasteiger partial charge in [-0.05, 0) is 50.2 Å². The number of anilines is 1. The minimum absolute atomic E-state index is 0.0527. The van der Waals surface area contributed by atoms with Crippen LogP contribution in [0.5, 0.6) is 0 Å². The van der Waals surface area contributed by atoms with Crippen LogP contribution in [0.4, 0.5) is 5.69 Å². The molecule has 0 saturated carbocycles. The van der Waals surface area contributed by atoms with Crippen molar-refractivity contribution in [1.82, 2.24) is 14.7 Å². The average Bonchev–Trinajstić information content (AvgIpc) is 3.14. The van der Waals surface area contributed by atoms with Gasteiger partial charge in [0.1, 0.15) is 0 Å². The normalized spacial score (nSPS) is 18.5. The Morgan fingerprint density at radius 1 is 0.880 bits per heavy atom. The standard InChI is InChI=1S/C19H28N4O2/c1-20(2)17-7-5-16(6-8-17)19(25)23-13-11-22(12-14-23)18(24)15-21-9-3-4-10-21/h5-8H,3-4,9-15H2,1-2H3. The summed E-state index contributed by atoms with van der Waals surface area (Å²) in [6, 6.07) is 7.68. The predicted molar refractivity (Wildman–Crippen MR) is 98.9 cm³/mol. The maximum Gasteiger partial charge on any atom is 0.253 e. The second kappa shape index (κ2) is 7.87. The molecule has 0 aromatic heterocycles. The van der Waals surface area contributed by atoms with Crippen LogP contribution in [0.1, 0.15) is 23.2 Å². The summed E-state index contributed by atoms with van der Waals surface area (Å²) in [4.78, 5) is 33.0. The van der Waals surface area contributed by atoms with Gasteiger partial charge in [-0.25, -0.2) is 0 Å². The molecule has 0 bridgehead atoms. The Kier molecular flexibility index (Phi) is 5.58. The first kappa shape index (κ1) is 17.7. The molecule has 2 amide bonds. The maximum atomic E-state index is 12.6. The first-order valence-electron chi connectivity index (χ1n) is 9.11. The molecule has 0 aliphatic carbocycles. The number of carbonyl (C=O) groups is 2. The number of nitrogens with zero attached hydrogens (tertiary/aromatic N) is 4. The molecule has 6 nitrogen and oxygen atoms in total. The zero-order valence-electron chi connectivity index (χ0n) is 15.3. The molecule has 6 heteroatoms. The van der Waals surface area contributed by atoms with Crippen LogP contribution >= 0.6 is 0 Å². The van der Waals surface area contributed by atoms with Crippen LogP contribution in [0.15, 0.2) is 24.3 Å². The number of rotatable bonds is 4. The Bertz CT molecular complexity index is 600.